The van der Waals surface area contributed by atoms with Crippen LogP contribution in [0.15, 0.2) is 18.2 Å². The van der Waals surface area contributed by atoms with Crippen LogP contribution in [0.25, 0.3) is 0 Å². The van der Waals surface area contributed by atoms with Crippen molar-refractivity contribution in [2.75, 3.05) is 39.8 Å². The average Bonchev–Trinajstić information content (AvgIpc) is 2.47. The number of likely N-dealkylation sites (N-methyl/N-ethyl adjacent to an activating group) is 1. The summed E-state index contributed by atoms with van der Waals surface area (Å²) in [6.45, 7) is 3.83. The molecule has 0 unspecified atom stereocenters. The number of halogens is 1. The van der Waals surface area contributed by atoms with Gasteiger partial charge < -0.3 is 10.2 Å². The fraction of sp³-hybridized carbons (Fsp3) is 0.467. The summed E-state index contributed by atoms with van der Waals surface area (Å²) in [4.78, 5) is 15.8. The summed E-state index contributed by atoms with van der Waals surface area (Å²) in [6, 6.07) is 6.18. The number of amides is 1. The zero-order valence-corrected chi connectivity index (χ0v) is 12.1. The number of hydrogen-bond donors (Lipinski definition) is 1. The Balaban J connectivity index is 1.92. The molecule has 1 aliphatic heterocycles. The lowest BCUT2D eigenvalue weighted by molar-refractivity contribution is -0.132. The predicted molar refractivity (Wildman–Crippen MR) is 76.9 cm³/mol. The highest BCUT2D eigenvalue weighted by atomic mass is 19.1. The first-order chi connectivity index (χ1) is 10.1. The topological polar surface area (TPSA) is 59.4 Å². The second-order valence-corrected chi connectivity index (χ2v) is 5.26. The predicted octanol–water partition coefficient (Wildman–Crippen LogP) is 0.561. The highest BCUT2D eigenvalue weighted by molar-refractivity contribution is 5.78. The van der Waals surface area contributed by atoms with E-state index in [1.165, 1.54) is 12.1 Å². The second kappa shape index (κ2) is 7.16. The van der Waals surface area contributed by atoms with E-state index in [4.69, 9.17) is 5.26 Å². The number of carbonyl (C=O) groups excluding carboxylic acids is 1. The lowest BCUT2D eigenvalue weighted by Crippen LogP contribution is -2.49. The Kier molecular flexibility index (Phi) is 5.26. The van der Waals surface area contributed by atoms with Crippen molar-refractivity contribution in [2.45, 2.75) is 6.54 Å². The van der Waals surface area contributed by atoms with Crippen LogP contribution in [0, 0.1) is 17.1 Å². The van der Waals surface area contributed by atoms with Gasteiger partial charge in [-0.05, 0) is 30.8 Å². The summed E-state index contributed by atoms with van der Waals surface area (Å²) in [5.74, 6) is -0.346. The number of carbonyl (C=O) groups is 1. The highest BCUT2D eigenvalue weighted by Crippen LogP contribution is 2.10. The normalized spacial score (nSPS) is 15.0. The van der Waals surface area contributed by atoms with Crippen molar-refractivity contribution in [1.29, 1.82) is 5.26 Å². The molecule has 0 saturated carbocycles. The van der Waals surface area contributed by atoms with Gasteiger partial charge in [-0.2, -0.15) is 5.26 Å². The molecule has 6 heteroatoms. The summed E-state index contributed by atoms with van der Waals surface area (Å²) >= 11 is 0. The molecule has 2 rings (SSSR count). The Morgan fingerprint density at radius 2 is 2.14 bits per heavy atom. The van der Waals surface area contributed by atoms with Gasteiger partial charge in [-0.3, -0.25) is 9.69 Å². The lowest BCUT2D eigenvalue weighted by Gasteiger charge is -2.29. The number of rotatable bonds is 4. The molecule has 0 atom stereocenters. The summed E-state index contributed by atoms with van der Waals surface area (Å²) < 4.78 is 13.4. The number of piperazine rings is 1. The quantitative estimate of drug-likeness (QED) is 0.880. The Morgan fingerprint density at radius 3 is 2.81 bits per heavy atom. The van der Waals surface area contributed by atoms with Crippen LogP contribution < -0.4 is 5.32 Å². The number of benzene rings is 1. The first-order valence-electron chi connectivity index (χ1n) is 6.95. The van der Waals surface area contributed by atoms with Crippen molar-refractivity contribution < 1.29 is 9.18 Å². The highest BCUT2D eigenvalue weighted by Gasteiger charge is 2.17. The molecule has 1 aromatic rings. The van der Waals surface area contributed by atoms with E-state index < -0.39 is 5.82 Å². The van der Waals surface area contributed by atoms with Gasteiger partial charge in [0.15, 0.2) is 0 Å². The molecule has 1 fully saturated rings. The van der Waals surface area contributed by atoms with E-state index in [1.807, 2.05) is 22.9 Å². The van der Waals surface area contributed by atoms with Gasteiger partial charge in [0.2, 0.25) is 5.91 Å². The number of nitrogens with one attached hydrogen (secondary N) is 1. The zero-order valence-electron chi connectivity index (χ0n) is 12.1. The monoisotopic (exact) mass is 290 g/mol. The molecule has 0 aromatic heterocycles. The Labute approximate surface area is 123 Å². The van der Waals surface area contributed by atoms with Crippen molar-refractivity contribution in [2.24, 2.45) is 0 Å². The molecule has 1 N–H and O–H groups in total. The number of nitriles is 1. The molecule has 1 heterocycles. The molecule has 0 bridgehead atoms. The molecule has 1 saturated heterocycles. The van der Waals surface area contributed by atoms with Crippen LogP contribution in [0.4, 0.5) is 4.39 Å². The number of hydrogen-bond acceptors (Lipinski definition) is 4. The molecule has 5 nitrogen and oxygen atoms in total. The summed E-state index contributed by atoms with van der Waals surface area (Å²) in [5, 5.41) is 12.0. The summed E-state index contributed by atoms with van der Waals surface area (Å²) in [7, 11) is 1.82. The minimum Gasteiger partial charge on any atom is -0.339 e. The van der Waals surface area contributed by atoms with Gasteiger partial charge in [-0.25, -0.2) is 4.39 Å². The molecule has 0 spiro atoms. The Bertz CT molecular complexity index is 549. The maximum absolute atomic E-state index is 13.4. The van der Waals surface area contributed by atoms with Crippen LogP contribution >= 0.6 is 0 Å². The molecule has 1 aliphatic rings. The van der Waals surface area contributed by atoms with Gasteiger partial charge in [0.1, 0.15) is 5.82 Å². The van der Waals surface area contributed by atoms with Gasteiger partial charge in [-0.1, -0.05) is 0 Å². The van der Waals surface area contributed by atoms with Gasteiger partial charge in [0.25, 0.3) is 0 Å². The largest absolute Gasteiger partial charge is 0.339 e. The molecular weight excluding hydrogens is 271 g/mol. The minimum atomic E-state index is -0.425. The molecule has 1 aromatic carbocycles. The van der Waals surface area contributed by atoms with Crippen LogP contribution in [0.3, 0.4) is 0 Å². The second-order valence-electron chi connectivity index (χ2n) is 5.26. The van der Waals surface area contributed by atoms with Crippen LogP contribution in [-0.4, -0.2) is 55.5 Å². The van der Waals surface area contributed by atoms with E-state index >= 15 is 0 Å². The lowest BCUT2D eigenvalue weighted by atomic mass is 10.1. The van der Waals surface area contributed by atoms with Crippen LogP contribution in [0.2, 0.25) is 0 Å². The van der Waals surface area contributed by atoms with Crippen molar-refractivity contribution in [3.63, 3.8) is 0 Å². The van der Waals surface area contributed by atoms with Gasteiger partial charge in [0, 0.05) is 32.7 Å². The maximum atomic E-state index is 13.4. The Hall–Kier alpha value is -1.97. The number of nitrogens with zero attached hydrogens (tertiary/aromatic N) is 3. The van der Waals surface area contributed by atoms with E-state index in [0.29, 0.717) is 24.2 Å². The smallest absolute Gasteiger partial charge is 0.236 e. The van der Waals surface area contributed by atoms with Gasteiger partial charge in [0.05, 0.1) is 18.2 Å². The van der Waals surface area contributed by atoms with Crippen molar-refractivity contribution in [3.8, 4) is 6.07 Å². The maximum Gasteiger partial charge on any atom is 0.236 e. The zero-order chi connectivity index (χ0) is 15.2. The molecule has 0 radical (unpaired) electrons. The van der Waals surface area contributed by atoms with E-state index in [2.05, 4.69) is 5.32 Å². The molecule has 1 amide bonds. The average molecular weight is 290 g/mol. The third-order valence-electron chi connectivity index (χ3n) is 3.41. The fourth-order valence-corrected chi connectivity index (χ4v) is 2.42. The van der Waals surface area contributed by atoms with Crippen LogP contribution in [0.5, 0.6) is 0 Å². The summed E-state index contributed by atoms with van der Waals surface area (Å²) in [6.07, 6.45) is 0. The third-order valence-corrected chi connectivity index (χ3v) is 3.41. The van der Waals surface area contributed by atoms with E-state index in [-0.39, 0.29) is 5.91 Å². The first kappa shape index (κ1) is 15.4. The van der Waals surface area contributed by atoms with Crippen LogP contribution in [0.1, 0.15) is 11.1 Å². The summed E-state index contributed by atoms with van der Waals surface area (Å²) in [5.41, 5.74) is 0.994. The third kappa shape index (κ3) is 4.52. The van der Waals surface area contributed by atoms with Crippen LogP contribution in [-0.2, 0) is 11.3 Å². The van der Waals surface area contributed by atoms with E-state index in [1.54, 1.807) is 6.07 Å². The molecule has 0 aliphatic carbocycles. The molecular formula is C15H19FN4O. The molecule has 21 heavy (non-hydrogen) atoms. The first-order valence-corrected chi connectivity index (χ1v) is 6.95. The minimum absolute atomic E-state index is 0.0795. The Morgan fingerprint density at radius 1 is 1.43 bits per heavy atom. The van der Waals surface area contributed by atoms with E-state index in [9.17, 15) is 9.18 Å². The van der Waals surface area contributed by atoms with E-state index in [0.717, 1.165) is 26.2 Å². The van der Waals surface area contributed by atoms with Gasteiger partial charge >= 0.3 is 0 Å². The fourth-order valence-electron chi connectivity index (χ4n) is 2.42. The van der Waals surface area contributed by atoms with Crippen molar-refractivity contribution in [1.82, 2.24) is 15.1 Å². The van der Waals surface area contributed by atoms with Crippen molar-refractivity contribution >= 4 is 5.91 Å². The SMILES string of the molecule is CN(CC(=O)N1CCNCC1)Cc1cc(F)cc(C#N)c1. The van der Waals surface area contributed by atoms with Gasteiger partial charge in [-0.15, -0.1) is 0 Å². The standard InChI is InChI=1S/C15H19FN4O/c1-19(11-15(21)20-4-2-18-3-5-20)10-13-6-12(9-17)7-14(16)8-13/h6-8,18H,2-5,10-11H2,1H3. The molecule has 112 valence electrons. The van der Waals surface area contributed by atoms with Crippen molar-refractivity contribution in [3.05, 3.63) is 35.1 Å².